The van der Waals surface area contributed by atoms with Crippen LogP contribution in [0.1, 0.15) is 45.4 Å². The highest BCUT2D eigenvalue weighted by Gasteiger charge is 2.33. The molecule has 82 valence electrons. The van der Waals surface area contributed by atoms with Crippen LogP contribution >= 0.6 is 0 Å². The SMILES string of the molecule is CC1CC1NCC1CCCCCC1N. The minimum atomic E-state index is 0.457. The summed E-state index contributed by atoms with van der Waals surface area (Å²) in [5.41, 5.74) is 6.18. The Morgan fingerprint density at radius 2 is 1.93 bits per heavy atom. The van der Waals surface area contributed by atoms with Crippen LogP contribution in [0.3, 0.4) is 0 Å². The van der Waals surface area contributed by atoms with E-state index in [2.05, 4.69) is 12.2 Å². The molecule has 2 fully saturated rings. The summed E-state index contributed by atoms with van der Waals surface area (Å²) in [5, 5.41) is 3.65. The molecule has 0 spiro atoms. The van der Waals surface area contributed by atoms with Crippen molar-refractivity contribution in [2.24, 2.45) is 17.6 Å². The first-order chi connectivity index (χ1) is 6.77. The second-order valence-corrected chi connectivity index (χ2v) is 5.29. The summed E-state index contributed by atoms with van der Waals surface area (Å²) in [5.74, 6) is 1.65. The van der Waals surface area contributed by atoms with E-state index in [9.17, 15) is 0 Å². The quantitative estimate of drug-likeness (QED) is 0.677. The monoisotopic (exact) mass is 196 g/mol. The minimum absolute atomic E-state index is 0.457. The van der Waals surface area contributed by atoms with E-state index in [0.717, 1.165) is 24.4 Å². The van der Waals surface area contributed by atoms with E-state index >= 15 is 0 Å². The number of hydrogen-bond donors (Lipinski definition) is 2. The molecule has 0 aliphatic heterocycles. The molecule has 0 radical (unpaired) electrons. The van der Waals surface area contributed by atoms with Crippen LogP contribution in [0.4, 0.5) is 0 Å². The van der Waals surface area contributed by atoms with E-state index in [4.69, 9.17) is 5.73 Å². The van der Waals surface area contributed by atoms with Crippen LogP contribution in [0, 0.1) is 11.8 Å². The molecule has 2 aliphatic carbocycles. The van der Waals surface area contributed by atoms with Crippen molar-refractivity contribution in [2.75, 3.05) is 6.54 Å². The maximum absolute atomic E-state index is 6.18. The van der Waals surface area contributed by atoms with E-state index in [1.165, 1.54) is 38.5 Å². The van der Waals surface area contributed by atoms with Gasteiger partial charge >= 0.3 is 0 Å². The van der Waals surface area contributed by atoms with Crippen molar-refractivity contribution in [2.45, 2.75) is 57.5 Å². The average molecular weight is 196 g/mol. The normalized spacial score (nSPS) is 43.3. The number of nitrogens with one attached hydrogen (secondary N) is 1. The van der Waals surface area contributed by atoms with Crippen molar-refractivity contribution in [3.63, 3.8) is 0 Å². The van der Waals surface area contributed by atoms with Crippen molar-refractivity contribution in [1.82, 2.24) is 5.32 Å². The van der Waals surface area contributed by atoms with Gasteiger partial charge in [-0.05, 0) is 37.6 Å². The molecule has 2 heteroatoms. The first-order valence-corrected chi connectivity index (χ1v) is 6.26. The van der Waals surface area contributed by atoms with Crippen LogP contribution in [0.15, 0.2) is 0 Å². The van der Waals surface area contributed by atoms with E-state index in [0.29, 0.717) is 6.04 Å². The lowest BCUT2D eigenvalue weighted by atomic mass is 9.95. The second-order valence-electron chi connectivity index (χ2n) is 5.29. The molecular formula is C12H24N2. The molecule has 4 unspecified atom stereocenters. The molecule has 0 heterocycles. The van der Waals surface area contributed by atoms with Crippen molar-refractivity contribution in [1.29, 1.82) is 0 Å². The van der Waals surface area contributed by atoms with Crippen molar-refractivity contribution in [3.8, 4) is 0 Å². The van der Waals surface area contributed by atoms with Gasteiger partial charge in [-0.15, -0.1) is 0 Å². The molecular weight excluding hydrogens is 172 g/mol. The lowest BCUT2D eigenvalue weighted by Crippen LogP contribution is -2.37. The summed E-state index contributed by atoms with van der Waals surface area (Å²) in [4.78, 5) is 0. The Hall–Kier alpha value is -0.0800. The fraction of sp³-hybridized carbons (Fsp3) is 1.00. The molecule has 0 bridgehead atoms. The van der Waals surface area contributed by atoms with Gasteiger partial charge in [0, 0.05) is 12.1 Å². The Balaban J connectivity index is 1.71. The third-order valence-corrected chi connectivity index (χ3v) is 3.97. The Bertz CT molecular complexity index is 181. The summed E-state index contributed by atoms with van der Waals surface area (Å²) in [6, 6.07) is 1.27. The van der Waals surface area contributed by atoms with Crippen LogP contribution in [-0.4, -0.2) is 18.6 Å². The number of hydrogen-bond acceptors (Lipinski definition) is 2. The standard InChI is InChI=1S/C12H24N2/c1-9-7-12(9)14-8-10-5-3-2-4-6-11(10)13/h9-12,14H,2-8,13H2,1H3. The zero-order chi connectivity index (χ0) is 9.97. The first-order valence-electron chi connectivity index (χ1n) is 6.26. The zero-order valence-corrected chi connectivity index (χ0v) is 9.34. The lowest BCUT2D eigenvalue weighted by Gasteiger charge is -2.21. The first kappa shape index (κ1) is 10.4. The molecule has 2 saturated carbocycles. The van der Waals surface area contributed by atoms with Crippen molar-refractivity contribution in [3.05, 3.63) is 0 Å². The summed E-state index contributed by atoms with van der Waals surface area (Å²) in [6.45, 7) is 3.49. The number of nitrogens with two attached hydrogens (primary N) is 1. The van der Waals surface area contributed by atoms with Gasteiger partial charge in [0.1, 0.15) is 0 Å². The predicted octanol–water partition coefficient (Wildman–Crippen LogP) is 1.89. The van der Waals surface area contributed by atoms with Crippen LogP contribution in [-0.2, 0) is 0 Å². The van der Waals surface area contributed by atoms with Gasteiger partial charge in [0.05, 0.1) is 0 Å². The average Bonchev–Trinajstić information content (AvgIpc) is 2.88. The maximum atomic E-state index is 6.18. The lowest BCUT2D eigenvalue weighted by molar-refractivity contribution is 0.371. The van der Waals surface area contributed by atoms with Gasteiger partial charge in [-0.2, -0.15) is 0 Å². The molecule has 2 nitrogen and oxygen atoms in total. The van der Waals surface area contributed by atoms with Gasteiger partial charge in [-0.25, -0.2) is 0 Å². The smallest absolute Gasteiger partial charge is 0.00965 e. The highest BCUT2D eigenvalue weighted by molar-refractivity contribution is 4.91. The molecule has 14 heavy (non-hydrogen) atoms. The van der Waals surface area contributed by atoms with Gasteiger partial charge < -0.3 is 11.1 Å². The Morgan fingerprint density at radius 1 is 1.21 bits per heavy atom. The highest BCUT2D eigenvalue weighted by atomic mass is 15.0. The third kappa shape index (κ3) is 2.71. The highest BCUT2D eigenvalue weighted by Crippen LogP contribution is 2.30. The maximum Gasteiger partial charge on any atom is 0.00965 e. The topological polar surface area (TPSA) is 38.0 Å². The van der Waals surface area contributed by atoms with Crippen LogP contribution in [0.25, 0.3) is 0 Å². The molecule has 2 rings (SSSR count). The van der Waals surface area contributed by atoms with E-state index in [1.807, 2.05) is 0 Å². The fourth-order valence-corrected chi connectivity index (χ4v) is 2.58. The summed E-state index contributed by atoms with van der Waals surface area (Å²) < 4.78 is 0. The fourth-order valence-electron chi connectivity index (χ4n) is 2.58. The van der Waals surface area contributed by atoms with Crippen molar-refractivity contribution >= 4 is 0 Å². The van der Waals surface area contributed by atoms with Gasteiger partial charge in [0.25, 0.3) is 0 Å². The van der Waals surface area contributed by atoms with Gasteiger partial charge in [0.15, 0.2) is 0 Å². The molecule has 0 amide bonds. The van der Waals surface area contributed by atoms with Gasteiger partial charge in [-0.3, -0.25) is 0 Å². The minimum Gasteiger partial charge on any atom is -0.327 e. The van der Waals surface area contributed by atoms with Crippen molar-refractivity contribution < 1.29 is 0 Å². The Morgan fingerprint density at radius 3 is 2.64 bits per heavy atom. The summed E-state index contributed by atoms with van der Waals surface area (Å²) >= 11 is 0. The molecule has 0 aromatic rings. The number of rotatable bonds is 3. The van der Waals surface area contributed by atoms with E-state index in [-0.39, 0.29) is 0 Å². The zero-order valence-electron chi connectivity index (χ0n) is 9.34. The van der Waals surface area contributed by atoms with Gasteiger partial charge in [-0.1, -0.05) is 26.2 Å². The Labute approximate surface area is 87.6 Å². The van der Waals surface area contributed by atoms with E-state index in [1.54, 1.807) is 0 Å². The molecule has 4 atom stereocenters. The molecule has 0 aromatic carbocycles. The molecule has 0 aromatic heterocycles. The largest absolute Gasteiger partial charge is 0.327 e. The molecule has 2 aliphatic rings. The van der Waals surface area contributed by atoms with Crippen LogP contribution in [0.5, 0.6) is 0 Å². The summed E-state index contributed by atoms with van der Waals surface area (Å²) in [7, 11) is 0. The molecule has 3 N–H and O–H groups in total. The predicted molar refractivity (Wildman–Crippen MR) is 60.1 cm³/mol. The van der Waals surface area contributed by atoms with Crippen LogP contribution in [0.2, 0.25) is 0 Å². The second kappa shape index (κ2) is 4.63. The molecule has 0 saturated heterocycles. The van der Waals surface area contributed by atoms with E-state index < -0.39 is 0 Å². The van der Waals surface area contributed by atoms with Crippen LogP contribution < -0.4 is 11.1 Å². The summed E-state index contributed by atoms with van der Waals surface area (Å²) in [6.07, 6.45) is 8.09. The Kier molecular flexibility index (Phi) is 3.45. The van der Waals surface area contributed by atoms with Gasteiger partial charge in [0.2, 0.25) is 0 Å². The third-order valence-electron chi connectivity index (χ3n) is 3.97.